The van der Waals surface area contributed by atoms with Gasteiger partial charge in [0.05, 0.1) is 16.8 Å². The Labute approximate surface area is 131 Å². The van der Waals surface area contributed by atoms with E-state index in [1.54, 1.807) is 30.3 Å². The number of rotatable bonds is 7. The van der Waals surface area contributed by atoms with E-state index in [2.05, 4.69) is 21.6 Å². The third-order valence-corrected chi connectivity index (χ3v) is 4.48. The smallest absolute Gasteiger partial charge is 0.261 e. The van der Waals surface area contributed by atoms with Crippen LogP contribution in [0.4, 0.5) is 11.5 Å². The summed E-state index contributed by atoms with van der Waals surface area (Å²) in [5.41, 5.74) is 1.52. The number of benzene rings is 1. The largest absolute Gasteiger partial charge is 0.367 e. The fraction of sp³-hybridized carbons (Fsp3) is 0.188. The van der Waals surface area contributed by atoms with Gasteiger partial charge in [-0.25, -0.2) is 13.4 Å². The van der Waals surface area contributed by atoms with Crippen LogP contribution < -0.4 is 10.0 Å². The molecule has 0 unspecified atom stereocenters. The van der Waals surface area contributed by atoms with Crippen molar-refractivity contribution in [2.24, 2.45) is 0 Å². The van der Waals surface area contributed by atoms with E-state index in [-0.39, 0.29) is 4.90 Å². The van der Waals surface area contributed by atoms with Crippen molar-refractivity contribution < 1.29 is 8.42 Å². The minimum absolute atomic E-state index is 0.235. The van der Waals surface area contributed by atoms with Crippen molar-refractivity contribution in [1.29, 1.82) is 0 Å². The van der Waals surface area contributed by atoms with Gasteiger partial charge in [-0.3, -0.25) is 4.72 Å². The van der Waals surface area contributed by atoms with Gasteiger partial charge in [0.25, 0.3) is 10.0 Å². The van der Waals surface area contributed by atoms with E-state index < -0.39 is 10.0 Å². The van der Waals surface area contributed by atoms with E-state index in [0.29, 0.717) is 18.1 Å². The Balaban J connectivity index is 2.12. The molecule has 5 nitrogen and oxygen atoms in total. The second kappa shape index (κ2) is 7.09. The van der Waals surface area contributed by atoms with E-state index in [1.165, 1.54) is 6.20 Å². The molecule has 1 heterocycles. The highest BCUT2D eigenvalue weighted by Gasteiger charge is 2.14. The van der Waals surface area contributed by atoms with Crippen molar-refractivity contribution in [1.82, 2.24) is 4.98 Å². The van der Waals surface area contributed by atoms with Crippen molar-refractivity contribution in [3.05, 3.63) is 60.8 Å². The SMILES string of the molecule is C=CCNc1ccc(NS(=O)(=O)c2ccc(CC)cc2)cn1. The molecule has 2 N–H and O–H groups in total. The molecule has 2 rings (SSSR count). The zero-order chi connectivity index (χ0) is 16.0. The molecule has 2 aromatic rings. The first-order valence-corrected chi connectivity index (χ1v) is 8.46. The Kier molecular flexibility index (Phi) is 5.16. The molecule has 1 aromatic carbocycles. The second-order valence-corrected chi connectivity index (χ2v) is 6.39. The summed E-state index contributed by atoms with van der Waals surface area (Å²) in [6, 6.07) is 10.2. The Morgan fingerprint density at radius 2 is 1.91 bits per heavy atom. The van der Waals surface area contributed by atoms with Gasteiger partial charge in [0.15, 0.2) is 0 Å². The molecule has 0 saturated heterocycles. The highest BCUT2D eigenvalue weighted by atomic mass is 32.2. The number of pyridine rings is 1. The summed E-state index contributed by atoms with van der Waals surface area (Å²) >= 11 is 0. The molecule has 0 amide bonds. The molecule has 0 radical (unpaired) electrons. The molecular formula is C16H19N3O2S. The summed E-state index contributed by atoms with van der Waals surface area (Å²) in [6.07, 6.45) is 4.07. The molecule has 22 heavy (non-hydrogen) atoms. The Morgan fingerprint density at radius 3 is 2.45 bits per heavy atom. The van der Waals surface area contributed by atoms with Crippen LogP contribution in [0.25, 0.3) is 0 Å². The monoisotopic (exact) mass is 317 g/mol. The van der Waals surface area contributed by atoms with Crippen molar-refractivity contribution in [3.8, 4) is 0 Å². The average Bonchev–Trinajstić information content (AvgIpc) is 2.54. The first kappa shape index (κ1) is 16.0. The van der Waals surface area contributed by atoms with Gasteiger partial charge in [0.2, 0.25) is 0 Å². The second-order valence-electron chi connectivity index (χ2n) is 4.70. The zero-order valence-corrected chi connectivity index (χ0v) is 13.2. The van der Waals surface area contributed by atoms with Gasteiger partial charge in [-0.15, -0.1) is 6.58 Å². The molecule has 0 bridgehead atoms. The predicted molar refractivity (Wildman–Crippen MR) is 89.6 cm³/mol. The Morgan fingerprint density at radius 1 is 1.18 bits per heavy atom. The summed E-state index contributed by atoms with van der Waals surface area (Å²) in [5.74, 6) is 0.662. The summed E-state index contributed by atoms with van der Waals surface area (Å²) in [5, 5.41) is 3.02. The topological polar surface area (TPSA) is 71.1 Å². The normalized spacial score (nSPS) is 11.0. The van der Waals surface area contributed by atoms with Crippen LogP contribution in [0.5, 0.6) is 0 Å². The number of hydrogen-bond donors (Lipinski definition) is 2. The van der Waals surface area contributed by atoms with Crippen LogP contribution in [-0.4, -0.2) is 19.9 Å². The standard InChI is InChI=1S/C16H19N3O2S/c1-3-11-17-16-10-7-14(12-18-16)19-22(20,21)15-8-5-13(4-2)6-9-15/h3,5-10,12,19H,1,4,11H2,2H3,(H,17,18). The molecule has 0 aliphatic heterocycles. The predicted octanol–water partition coefficient (Wildman–Crippen LogP) is 3.04. The molecule has 1 aromatic heterocycles. The van der Waals surface area contributed by atoms with Crippen LogP contribution in [0.2, 0.25) is 0 Å². The Hall–Kier alpha value is -2.34. The summed E-state index contributed by atoms with van der Waals surface area (Å²) in [4.78, 5) is 4.37. The minimum atomic E-state index is -3.59. The number of aryl methyl sites for hydroxylation is 1. The third-order valence-electron chi connectivity index (χ3n) is 3.09. The van der Waals surface area contributed by atoms with Crippen LogP contribution >= 0.6 is 0 Å². The lowest BCUT2D eigenvalue weighted by atomic mass is 10.2. The fourth-order valence-electron chi connectivity index (χ4n) is 1.85. The lowest BCUT2D eigenvalue weighted by Crippen LogP contribution is -2.13. The molecule has 0 atom stereocenters. The van der Waals surface area contributed by atoms with E-state index in [1.807, 2.05) is 19.1 Å². The summed E-state index contributed by atoms with van der Waals surface area (Å²) < 4.78 is 27.1. The molecule has 0 aliphatic rings. The molecule has 0 spiro atoms. The number of hydrogen-bond acceptors (Lipinski definition) is 4. The molecular weight excluding hydrogens is 298 g/mol. The van der Waals surface area contributed by atoms with Crippen LogP contribution in [-0.2, 0) is 16.4 Å². The Bertz CT molecular complexity index is 723. The van der Waals surface area contributed by atoms with Crippen LogP contribution in [0, 0.1) is 0 Å². The maximum atomic E-state index is 12.3. The fourth-order valence-corrected chi connectivity index (χ4v) is 2.90. The van der Waals surface area contributed by atoms with Crippen LogP contribution in [0.1, 0.15) is 12.5 Å². The number of sulfonamides is 1. The maximum Gasteiger partial charge on any atom is 0.261 e. The lowest BCUT2D eigenvalue weighted by Gasteiger charge is -2.09. The number of anilines is 2. The first-order valence-electron chi connectivity index (χ1n) is 6.97. The lowest BCUT2D eigenvalue weighted by molar-refractivity contribution is 0.601. The van der Waals surface area contributed by atoms with Gasteiger partial charge >= 0.3 is 0 Å². The van der Waals surface area contributed by atoms with Crippen molar-refractivity contribution in [3.63, 3.8) is 0 Å². The van der Waals surface area contributed by atoms with Crippen molar-refractivity contribution >= 4 is 21.5 Å². The van der Waals surface area contributed by atoms with E-state index in [0.717, 1.165) is 12.0 Å². The first-order chi connectivity index (χ1) is 10.5. The zero-order valence-electron chi connectivity index (χ0n) is 12.4. The van der Waals surface area contributed by atoms with E-state index in [9.17, 15) is 8.42 Å². The minimum Gasteiger partial charge on any atom is -0.367 e. The van der Waals surface area contributed by atoms with E-state index in [4.69, 9.17) is 0 Å². The van der Waals surface area contributed by atoms with Crippen molar-refractivity contribution in [2.75, 3.05) is 16.6 Å². The maximum absolute atomic E-state index is 12.3. The molecule has 0 fully saturated rings. The molecule has 116 valence electrons. The highest BCUT2D eigenvalue weighted by Crippen LogP contribution is 2.17. The third kappa shape index (κ3) is 4.08. The van der Waals surface area contributed by atoms with Gasteiger partial charge in [-0.05, 0) is 36.2 Å². The number of nitrogens with zero attached hydrogens (tertiary/aromatic N) is 1. The summed E-state index contributed by atoms with van der Waals surface area (Å²) in [6.45, 7) is 6.23. The van der Waals surface area contributed by atoms with Gasteiger partial charge in [0, 0.05) is 6.54 Å². The van der Waals surface area contributed by atoms with Gasteiger partial charge in [-0.2, -0.15) is 0 Å². The van der Waals surface area contributed by atoms with Gasteiger partial charge < -0.3 is 5.32 Å². The van der Waals surface area contributed by atoms with Gasteiger partial charge in [-0.1, -0.05) is 25.1 Å². The quantitative estimate of drug-likeness (QED) is 0.770. The molecule has 6 heteroatoms. The van der Waals surface area contributed by atoms with Crippen molar-refractivity contribution in [2.45, 2.75) is 18.2 Å². The number of aromatic nitrogens is 1. The molecule has 0 saturated carbocycles. The van der Waals surface area contributed by atoms with E-state index >= 15 is 0 Å². The summed E-state index contributed by atoms with van der Waals surface area (Å²) in [7, 11) is -3.59. The van der Waals surface area contributed by atoms with Gasteiger partial charge in [0.1, 0.15) is 5.82 Å². The molecule has 0 aliphatic carbocycles. The number of nitrogens with one attached hydrogen (secondary N) is 2. The highest BCUT2D eigenvalue weighted by molar-refractivity contribution is 7.92. The van der Waals surface area contributed by atoms with Crippen LogP contribution in [0.3, 0.4) is 0 Å². The average molecular weight is 317 g/mol. The van der Waals surface area contributed by atoms with Crippen LogP contribution in [0.15, 0.2) is 60.1 Å².